The molecule has 0 bridgehead atoms. The van der Waals surface area contributed by atoms with Crippen LogP contribution in [0.3, 0.4) is 0 Å². The van der Waals surface area contributed by atoms with Crippen LogP contribution >= 0.6 is 0 Å². The molecule has 0 aliphatic rings. The summed E-state index contributed by atoms with van der Waals surface area (Å²) in [7, 11) is -1.94. The van der Waals surface area contributed by atoms with Crippen molar-refractivity contribution in [3.8, 4) is 0 Å². The fraction of sp³-hybridized carbons (Fsp3) is 0.480. The second kappa shape index (κ2) is 14.2. The van der Waals surface area contributed by atoms with E-state index < -0.39 is 9.04 Å². The van der Waals surface area contributed by atoms with Crippen molar-refractivity contribution < 1.29 is 9.22 Å². The van der Waals surface area contributed by atoms with Gasteiger partial charge in [0, 0.05) is 6.42 Å². The van der Waals surface area contributed by atoms with Crippen LogP contribution in [0.5, 0.6) is 0 Å². The minimum atomic E-state index is -1.94. The van der Waals surface area contributed by atoms with Crippen LogP contribution < -0.4 is 10.4 Å². The van der Waals surface area contributed by atoms with Crippen LogP contribution in [-0.4, -0.2) is 15.0 Å². The Morgan fingerprint density at radius 1 is 0.679 bits per heavy atom. The average Bonchev–Trinajstić information content (AvgIpc) is 2.74. The molecule has 2 aromatic rings. The molecule has 3 heteroatoms. The normalized spacial score (nSPS) is 10.9. The molecule has 0 aliphatic heterocycles. The van der Waals surface area contributed by atoms with Crippen LogP contribution in [0.15, 0.2) is 60.7 Å². The summed E-state index contributed by atoms with van der Waals surface area (Å²) in [6.45, 7) is 2.26. The Balaban J connectivity index is 1.68. The fourth-order valence-electron chi connectivity index (χ4n) is 3.53. The molecule has 0 heterocycles. The quantitative estimate of drug-likeness (QED) is 0.316. The zero-order valence-corrected chi connectivity index (χ0v) is 18.6. The molecule has 0 amide bonds. The van der Waals surface area contributed by atoms with Gasteiger partial charge in [-0.3, -0.25) is 4.79 Å². The summed E-state index contributed by atoms with van der Waals surface area (Å²) in [5, 5.41) is 2.32. The van der Waals surface area contributed by atoms with E-state index in [4.69, 9.17) is 4.43 Å². The lowest BCUT2D eigenvalue weighted by Gasteiger charge is -2.17. The third-order valence-electron chi connectivity index (χ3n) is 5.19. The highest BCUT2D eigenvalue weighted by molar-refractivity contribution is 6.81. The second-order valence-corrected chi connectivity index (χ2v) is 9.95. The van der Waals surface area contributed by atoms with Crippen molar-refractivity contribution in [1.29, 1.82) is 0 Å². The lowest BCUT2D eigenvalue weighted by Crippen LogP contribution is -2.46. The maximum atomic E-state index is 12.4. The molecule has 0 unspecified atom stereocenters. The summed E-state index contributed by atoms with van der Waals surface area (Å²) in [6.07, 6.45) is 13.3. The summed E-state index contributed by atoms with van der Waals surface area (Å²) in [4.78, 5) is 12.4. The maximum Gasteiger partial charge on any atom is 0.302 e. The molecule has 2 nitrogen and oxygen atoms in total. The van der Waals surface area contributed by atoms with Crippen molar-refractivity contribution in [2.24, 2.45) is 0 Å². The molecule has 0 atom stereocenters. The van der Waals surface area contributed by atoms with E-state index in [1.54, 1.807) is 0 Å². The number of unbranched alkanes of at least 4 members (excludes halogenated alkanes) is 9. The number of carbonyl (C=O) groups is 1. The van der Waals surface area contributed by atoms with Gasteiger partial charge in [0.05, 0.1) is 0 Å². The molecule has 0 saturated carbocycles. The third-order valence-corrected chi connectivity index (χ3v) is 7.67. The highest BCUT2D eigenvalue weighted by Crippen LogP contribution is 2.11. The van der Waals surface area contributed by atoms with E-state index in [0.29, 0.717) is 6.42 Å². The van der Waals surface area contributed by atoms with E-state index in [1.807, 2.05) is 36.4 Å². The Bertz CT molecular complexity index is 603. The Labute approximate surface area is 173 Å². The van der Waals surface area contributed by atoms with Crippen LogP contribution in [0, 0.1) is 0 Å². The zero-order chi connectivity index (χ0) is 19.9. The first-order valence-electron chi connectivity index (χ1n) is 11.1. The summed E-state index contributed by atoms with van der Waals surface area (Å²) >= 11 is 0. The molecule has 2 aromatic carbocycles. The average molecular weight is 397 g/mol. The van der Waals surface area contributed by atoms with Gasteiger partial charge >= 0.3 is 9.04 Å². The summed E-state index contributed by atoms with van der Waals surface area (Å²) in [5.41, 5.74) is 0. The number of carbonyl (C=O) groups excluding carboxylic acids is 1. The number of hydrogen-bond acceptors (Lipinski definition) is 2. The number of benzene rings is 2. The topological polar surface area (TPSA) is 26.3 Å². The third kappa shape index (κ3) is 8.88. The van der Waals surface area contributed by atoms with Gasteiger partial charge in [-0.05, 0) is 16.8 Å². The minimum absolute atomic E-state index is 0.0380. The molecule has 0 saturated heterocycles. The van der Waals surface area contributed by atoms with Crippen LogP contribution in [0.25, 0.3) is 0 Å². The monoisotopic (exact) mass is 396 g/mol. The van der Waals surface area contributed by atoms with Gasteiger partial charge < -0.3 is 4.43 Å². The van der Waals surface area contributed by atoms with E-state index in [2.05, 4.69) is 31.2 Å². The van der Waals surface area contributed by atoms with Gasteiger partial charge in [-0.1, -0.05) is 125 Å². The summed E-state index contributed by atoms with van der Waals surface area (Å²) in [5.74, 6) is -0.0380. The van der Waals surface area contributed by atoms with Gasteiger partial charge in [0.25, 0.3) is 5.97 Å². The van der Waals surface area contributed by atoms with Crippen molar-refractivity contribution in [3.63, 3.8) is 0 Å². The molecule has 2 rings (SSSR count). The van der Waals surface area contributed by atoms with Crippen LogP contribution in [0.4, 0.5) is 0 Å². The van der Waals surface area contributed by atoms with Gasteiger partial charge in [-0.25, -0.2) is 0 Å². The van der Waals surface area contributed by atoms with E-state index in [0.717, 1.165) is 23.2 Å². The minimum Gasteiger partial charge on any atom is -0.513 e. The Morgan fingerprint density at radius 3 is 1.57 bits per heavy atom. The summed E-state index contributed by atoms with van der Waals surface area (Å²) < 4.78 is 6.01. The van der Waals surface area contributed by atoms with Gasteiger partial charge in [-0.2, -0.15) is 0 Å². The molecular weight excluding hydrogens is 360 g/mol. The SMILES string of the molecule is CCCCCCCCCCCCC(=O)O[SiH](c1ccccc1)c1ccccc1. The lowest BCUT2D eigenvalue weighted by molar-refractivity contribution is -0.134. The highest BCUT2D eigenvalue weighted by atomic mass is 28.3. The van der Waals surface area contributed by atoms with Gasteiger partial charge in [-0.15, -0.1) is 0 Å². The highest BCUT2D eigenvalue weighted by Gasteiger charge is 2.21. The summed E-state index contributed by atoms with van der Waals surface area (Å²) in [6, 6.07) is 20.4. The van der Waals surface area contributed by atoms with Crippen molar-refractivity contribution in [2.75, 3.05) is 0 Å². The van der Waals surface area contributed by atoms with Crippen molar-refractivity contribution >= 4 is 25.4 Å². The van der Waals surface area contributed by atoms with E-state index in [1.165, 1.54) is 51.4 Å². The molecule has 0 spiro atoms. The largest absolute Gasteiger partial charge is 0.513 e. The Morgan fingerprint density at radius 2 is 1.11 bits per heavy atom. The van der Waals surface area contributed by atoms with Gasteiger partial charge in [0.2, 0.25) is 0 Å². The van der Waals surface area contributed by atoms with E-state index in [-0.39, 0.29) is 5.97 Å². The molecule has 0 aliphatic carbocycles. The van der Waals surface area contributed by atoms with Crippen LogP contribution in [-0.2, 0) is 9.22 Å². The van der Waals surface area contributed by atoms with Crippen LogP contribution in [0.1, 0.15) is 77.6 Å². The van der Waals surface area contributed by atoms with E-state index in [9.17, 15) is 4.79 Å². The van der Waals surface area contributed by atoms with Gasteiger partial charge in [0.1, 0.15) is 0 Å². The first-order chi connectivity index (χ1) is 13.8. The lowest BCUT2D eigenvalue weighted by atomic mass is 10.1. The maximum absolute atomic E-state index is 12.4. The molecule has 152 valence electrons. The fourth-order valence-corrected chi connectivity index (χ4v) is 5.71. The molecular formula is C25H36O2Si. The standard InChI is InChI=1S/C25H36O2Si/c1-2-3-4-5-6-7-8-9-10-17-22-25(26)27-28(23-18-13-11-14-19-23)24-20-15-12-16-21-24/h11-16,18-21,28H,2-10,17,22H2,1H3. The Kier molecular flexibility index (Phi) is 11.3. The van der Waals surface area contributed by atoms with Gasteiger partial charge in [0.15, 0.2) is 0 Å². The molecule has 0 fully saturated rings. The van der Waals surface area contributed by atoms with Crippen molar-refractivity contribution in [2.45, 2.75) is 77.6 Å². The molecule has 0 N–H and O–H groups in total. The smallest absolute Gasteiger partial charge is 0.302 e. The first-order valence-corrected chi connectivity index (χ1v) is 12.7. The first kappa shape index (κ1) is 22.4. The molecule has 0 radical (unpaired) electrons. The number of rotatable bonds is 14. The molecule has 0 aromatic heterocycles. The Hall–Kier alpha value is -1.87. The molecule has 28 heavy (non-hydrogen) atoms. The van der Waals surface area contributed by atoms with Crippen LogP contribution in [0.2, 0.25) is 0 Å². The predicted molar refractivity (Wildman–Crippen MR) is 122 cm³/mol. The number of hydrogen-bond donors (Lipinski definition) is 0. The second-order valence-electron chi connectivity index (χ2n) is 7.62. The predicted octanol–water partition coefficient (Wildman–Crippen LogP) is 5.38. The van der Waals surface area contributed by atoms with Crippen molar-refractivity contribution in [1.82, 2.24) is 0 Å². The van der Waals surface area contributed by atoms with E-state index >= 15 is 0 Å². The zero-order valence-electron chi connectivity index (χ0n) is 17.4. The van der Waals surface area contributed by atoms with Crippen molar-refractivity contribution in [3.05, 3.63) is 60.7 Å².